The molecule has 10 nitrogen and oxygen atoms in total. The predicted octanol–water partition coefficient (Wildman–Crippen LogP) is 6.22. The van der Waals surface area contributed by atoms with Crippen molar-refractivity contribution in [3.05, 3.63) is 111 Å². The van der Waals surface area contributed by atoms with Crippen LogP contribution in [-0.4, -0.2) is 49.0 Å². The smallest absolute Gasteiger partial charge is 0.417 e. The summed E-state index contributed by atoms with van der Waals surface area (Å²) in [6, 6.07) is 11.8. The molecule has 3 aromatic rings. The summed E-state index contributed by atoms with van der Waals surface area (Å²) in [5, 5.41) is 22.7. The van der Waals surface area contributed by atoms with Gasteiger partial charge in [-0.05, 0) is 54.5 Å². The number of hydrazine groups is 1. The van der Waals surface area contributed by atoms with Gasteiger partial charge in [-0.15, -0.1) is 6.58 Å². The Morgan fingerprint density at radius 2 is 1.76 bits per heavy atom. The average Bonchev–Trinajstić information content (AvgIpc) is 3.43. The number of rotatable bonds is 6. The molecule has 2 saturated heterocycles. The molecule has 1 saturated carbocycles. The van der Waals surface area contributed by atoms with E-state index in [1.165, 1.54) is 12.1 Å². The topological polar surface area (TPSA) is 140 Å². The first-order valence-electron chi connectivity index (χ1n) is 15.5. The number of hydrogen-bond acceptors (Lipinski definition) is 8. The highest BCUT2D eigenvalue weighted by molar-refractivity contribution is 6.33. The molecule has 1 aromatic heterocycles. The number of para-hydroxylation sites is 1. The summed E-state index contributed by atoms with van der Waals surface area (Å²) in [7, 11) is 0. The van der Waals surface area contributed by atoms with Crippen molar-refractivity contribution in [2.24, 2.45) is 23.7 Å². The van der Waals surface area contributed by atoms with Crippen molar-refractivity contribution < 1.29 is 42.7 Å². The zero-order valence-electron chi connectivity index (χ0n) is 25.8. The van der Waals surface area contributed by atoms with E-state index >= 15 is 4.79 Å². The van der Waals surface area contributed by atoms with Crippen LogP contribution in [0, 0.1) is 23.7 Å². The Morgan fingerprint density at radius 1 is 1.04 bits per heavy atom. The molecule has 2 aromatic carbocycles. The number of carbonyl (C=O) groups is 4. The molecule has 258 valence electrons. The van der Waals surface area contributed by atoms with Crippen molar-refractivity contribution in [3.8, 4) is 5.75 Å². The van der Waals surface area contributed by atoms with Crippen LogP contribution in [0.15, 0.2) is 79.0 Å². The number of aromatic nitrogens is 1. The number of aromatic hydroxyl groups is 1. The number of imide groups is 2. The van der Waals surface area contributed by atoms with Gasteiger partial charge >= 0.3 is 6.18 Å². The van der Waals surface area contributed by atoms with Crippen LogP contribution >= 0.6 is 23.2 Å². The Bertz CT molecular complexity index is 2020. The van der Waals surface area contributed by atoms with Crippen LogP contribution in [0.4, 0.5) is 19.0 Å². The minimum absolute atomic E-state index is 0.0400. The van der Waals surface area contributed by atoms with Gasteiger partial charge in [0.15, 0.2) is 5.82 Å². The lowest BCUT2D eigenvalue weighted by Gasteiger charge is -2.50. The number of alkyl halides is 3. The van der Waals surface area contributed by atoms with Crippen molar-refractivity contribution in [2.75, 3.05) is 5.43 Å². The molecule has 2 aliphatic heterocycles. The summed E-state index contributed by atoms with van der Waals surface area (Å²) in [4.78, 5) is 59.8. The van der Waals surface area contributed by atoms with Gasteiger partial charge in [0.2, 0.25) is 0 Å². The highest BCUT2D eigenvalue weighted by Gasteiger charge is 2.70. The van der Waals surface area contributed by atoms with Gasteiger partial charge in [-0.3, -0.25) is 29.8 Å². The molecule has 6 atom stereocenters. The number of carbonyl (C=O) groups excluding carboxylic acids is 4. The maximum absolute atomic E-state index is 15.1. The molecular formula is C35H27Cl2F3N4O6. The van der Waals surface area contributed by atoms with Crippen molar-refractivity contribution in [1.82, 2.24) is 15.1 Å². The average molecular weight is 728 g/mol. The van der Waals surface area contributed by atoms with Gasteiger partial charge in [0.05, 0.1) is 33.8 Å². The second-order valence-electron chi connectivity index (χ2n) is 12.8. The standard InChI is InChI=1S/C35H27Cl2F3N4O6/c1-2-4-16-5-3-6-22(28(16)45)27-20-11-12-21-26(32(48)44(50)30(21)46)23(20)14-24-31(47)43(33(49)34(24,27)17-7-9-19(36)10-8-17)42-29-25(37)13-18(15-41-29)35(38,39)40/h2-3,5-11,13,15,21,23-24,26-27,45,50H,1,4,12,14H2,(H,41,42). The van der Waals surface area contributed by atoms with E-state index < -0.39 is 81.2 Å². The number of hydrogen-bond donors (Lipinski definition) is 3. The number of anilines is 1. The molecule has 6 unspecified atom stereocenters. The van der Waals surface area contributed by atoms with Gasteiger partial charge in [0, 0.05) is 22.7 Å². The van der Waals surface area contributed by atoms with E-state index in [2.05, 4.69) is 17.0 Å². The molecule has 7 rings (SSSR count). The fraction of sp³-hybridized carbons (Fsp3) is 0.286. The molecular weight excluding hydrogens is 700 g/mol. The number of hydroxylamine groups is 2. The highest BCUT2D eigenvalue weighted by Crippen LogP contribution is 2.65. The van der Waals surface area contributed by atoms with E-state index in [1.807, 2.05) is 0 Å². The number of allylic oxidation sites excluding steroid dienone is 3. The predicted molar refractivity (Wildman–Crippen MR) is 173 cm³/mol. The van der Waals surface area contributed by atoms with Crippen LogP contribution in [0.1, 0.15) is 41.0 Å². The molecule has 15 heteroatoms. The molecule has 3 heterocycles. The van der Waals surface area contributed by atoms with Crippen LogP contribution in [-0.2, 0) is 37.2 Å². The second kappa shape index (κ2) is 12.0. The largest absolute Gasteiger partial charge is 0.507 e. The number of amides is 4. The molecule has 0 spiro atoms. The van der Waals surface area contributed by atoms with Gasteiger partial charge < -0.3 is 5.11 Å². The summed E-state index contributed by atoms with van der Waals surface area (Å²) < 4.78 is 40.1. The Morgan fingerprint density at radius 3 is 2.42 bits per heavy atom. The highest BCUT2D eigenvalue weighted by atomic mass is 35.5. The third-order valence-corrected chi connectivity index (χ3v) is 10.9. The van der Waals surface area contributed by atoms with Crippen molar-refractivity contribution in [1.29, 1.82) is 0 Å². The monoisotopic (exact) mass is 726 g/mol. The first kappa shape index (κ1) is 33.8. The first-order valence-corrected chi connectivity index (χ1v) is 16.3. The summed E-state index contributed by atoms with van der Waals surface area (Å²) in [5.74, 6) is -9.03. The van der Waals surface area contributed by atoms with E-state index in [0.717, 1.165) is 0 Å². The lowest BCUT2D eigenvalue weighted by Crippen LogP contribution is -2.53. The molecule has 3 fully saturated rings. The van der Waals surface area contributed by atoms with E-state index in [4.69, 9.17) is 23.2 Å². The van der Waals surface area contributed by atoms with Gasteiger partial charge in [0.1, 0.15) is 5.75 Å². The summed E-state index contributed by atoms with van der Waals surface area (Å²) in [6.07, 6.45) is -0.779. The molecule has 3 N–H and O–H groups in total. The number of phenolic OH excluding ortho intramolecular Hbond substituents is 1. The molecule has 4 amide bonds. The third kappa shape index (κ3) is 4.85. The Balaban J connectivity index is 1.47. The van der Waals surface area contributed by atoms with E-state index in [9.17, 15) is 37.9 Å². The van der Waals surface area contributed by atoms with E-state index in [1.54, 1.807) is 42.5 Å². The van der Waals surface area contributed by atoms with Gasteiger partial charge in [-0.2, -0.15) is 23.2 Å². The molecule has 4 aliphatic rings. The van der Waals surface area contributed by atoms with Gasteiger partial charge in [-0.1, -0.05) is 71.3 Å². The van der Waals surface area contributed by atoms with Crippen molar-refractivity contribution >= 4 is 52.6 Å². The quantitative estimate of drug-likeness (QED) is 0.155. The van der Waals surface area contributed by atoms with Crippen molar-refractivity contribution in [2.45, 2.75) is 36.8 Å². The fourth-order valence-corrected chi connectivity index (χ4v) is 8.61. The molecule has 50 heavy (non-hydrogen) atoms. The molecule has 2 aliphatic carbocycles. The normalized spacial score (nSPS) is 27.6. The first-order chi connectivity index (χ1) is 23.7. The summed E-state index contributed by atoms with van der Waals surface area (Å²) in [6.45, 7) is 3.76. The SMILES string of the molecule is C=CCc1cccc(C2C3=CCC4C(=O)N(O)C(=O)C4C3CC3C(=O)N(Nc4ncc(C(F)(F)F)cc4Cl)C(=O)C32c2ccc(Cl)cc2)c1O. The van der Waals surface area contributed by atoms with Crippen LogP contribution < -0.4 is 5.43 Å². The van der Waals surface area contributed by atoms with E-state index in [-0.39, 0.29) is 35.6 Å². The number of benzene rings is 2. The minimum atomic E-state index is -4.76. The summed E-state index contributed by atoms with van der Waals surface area (Å²) >= 11 is 12.5. The van der Waals surface area contributed by atoms with Gasteiger partial charge in [0.25, 0.3) is 23.6 Å². The van der Waals surface area contributed by atoms with Crippen molar-refractivity contribution in [3.63, 3.8) is 0 Å². The van der Waals surface area contributed by atoms with E-state index in [0.29, 0.717) is 39.0 Å². The van der Waals surface area contributed by atoms with Crippen LogP contribution in [0.2, 0.25) is 10.0 Å². The number of nitrogens with one attached hydrogen (secondary N) is 1. The number of nitrogens with zero attached hydrogens (tertiary/aromatic N) is 3. The Labute approximate surface area is 292 Å². The zero-order chi connectivity index (χ0) is 35.9. The number of phenols is 1. The maximum Gasteiger partial charge on any atom is 0.417 e. The number of fused-ring (bicyclic) bond motifs is 4. The van der Waals surface area contributed by atoms with Crippen LogP contribution in [0.3, 0.4) is 0 Å². The minimum Gasteiger partial charge on any atom is -0.507 e. The molecule has 0 radical (unpaired) electrons. The lowest BCUT2D eigenvalue weighted by atomic mass is 9.49. The Kier molecular flexibility index (Phi) is 8.08. The van der Waals surface area contributed by atoms with Gasteiger partial charge in [-0.25, -0.2) is 4.98 Å². The fourth-order valence-electron chi connectivity index (χ4n) is 8.28. The van der Waals surface area contributed by atoms with Crippen LogP contribution in [0.25, 0.3) is 0 Å². The lowest BCUT2D eigenvalue weighted by molar-refractivity contribution is -0.173. The summed E-state index contributed by atoms with van der Waals surface area (Å²) in [5.41, 5.74) is 1.15. The second-order valence-corrected chi connectivity index (χ2v) is 13.6. The third-order valence-electron chi connectivity index (χ3n) is 10.4. The zero-order valence-corrected chi connectivity index (χ0v) is 27.3. The maximum atomic E-state index is 15.1. The molecule has 0 bridgehead atoms. The Hall–Kier alpha value is -4.72. The van der Waals surface area contributed by atoms with Crippen LogP contribution in [0.5, 0.6) is 5.75 Å². The number of pyridine rings is 1. The number of halogens is 5.